The summed E-state index contributed by atoms with van der Waals surface area (Å²) in [4.78, 5) is 27.6. The molecule has 0 aliphatic rings. The van der Waals surface area contributed by atoms with Crippen molar-refractivity contribution in [2.24, 2.45) is 0 Å². The maximum Gasteiger partial charge on any atom is 0.254 e. The van der Waals surface area contributed by atoms with E-state index >= 15 is 0 Å². The number of furan rings is 1. The van der Waals surface area contributed by atoms with Crippen molar-refractivity contribution in [2.75, 3.05) is 6.54 Å². The van der Waals surface area contributed by atoms with Gasteiger partial charge in [0.05, 0.1) is 18.8 Å². The summed E-state index contributed by atoms with van der Waals surface area (Å²) in [6.07, 6.45) is 1.79. The predicted molar refractivity (Wildman–Crippen MR) is 125 cm³/mol. The van der Waals surface area contributed by atoms with E-state index < -0.39 is 0 Å². The van der Waals surface area contributed by atoms with Crippen LogP contribution in [0.5, 0.6) is 0 Å². The quantitative estimate of drug-likeness (QED) is 0.413. The van der Waals surface area contributed by atoms with Gasteiger partial charge in [0.2, 0.25) is 5.91 Å². The van der Waals surface area contributed by atoms with Crippen LogP contribution >= 0.6 is 0 Å². The van der Waals surface area contributed by atoms with Gasteiger partial charge in [-0.3, -0.25) is 9.59 Å². The summed E-state index contributed by atoms with van der Waals surface area (Å²) in [5, 5.41) is 5.10. The van der Waals surface area contributed by atoms with Crippen LogP contribution in [0.2, 0.25) is 0 Å². The summed E-state index contributed by atoms with van der Waals surface area (Å²) >= 11 is 0. The Hall–Kier alpha value is -3.86. The second-order valence-electron chi connectivity index (χ2n) is 7.82. The first kappa shape index (κ1) is 21.4. The Morgan fingerprint density at radius 3 is 2.41 bits per heavy atom. The lowest BCUT2D eigenvalue weighted by Gasteiger charge is -2.22. The van der Waals surface area contributed by atoms with Gasteiger partial charge in [-0.15, -0.1) is 0 Å². The van der Waals surface area contributed by atoms with Crippen LogP contribution in [0.1, 0.15) is 41.1 Å². The number of nitrogens with one attached hydrogen (secondary N) is 1. The lowest BCUT2D eigenvalue weighted by atomic mass is 10.1. The third-order valence-corrected chi connectivity index (χ3v) is 5.50. The third-order valence-electron chi connectivity index (χ3n) is 5.50. The van der Waals surface area contributed by atoms with Crippen LogP contribution in [0.25, 0.3) is 10.8 Å². The molecule has 3 aromatic carbocycles. The van der Waals surface area contributed by atoms with Gasteiger partial charge in [-0.1, -0.05) is 60.7 Å². The fourth-order valence-electron chi connectivity index (χ4n) is 3.72. The highest BCUT2D eigenvalue weighted by molar-refractivity contribution is 5.98. The van der Waals surface area contributed by atoms with E-state index in [0.717, 1.165) is 16.3 Å². The molecular formula is C27H26N2O3. The van der Waals surface area contributed by atoms with Crippen LogP contribution in [0, 0.1) is 0 Å². The van der Waals surface area contributed by atoms with Crippen molar-refractivity contribution >= 4 is 22.6 Å². The summed E-state index contributed by atoms with van der Waals surface area (Å²) in [5.41, 5.74) is 1.63. The maximum absolute atomic E-state index is 13.3. The molecule has 0 spiro atoms. The first-order valence-electron chi connectivity index (χ1n) is 10.7. The fourth-order valence-corrected chi connectivity index (χ4v) is 3.72. The smallest absolute Gasteiger partial charge is 0.254 e. The molecule has 0 fully saturated rings. The molecule has 4 rings (SSSR count). The number of hydrogen-bond donors (Lipinski definition) is 1. The number of nitrogens with zero attached hydrogens (tertiary/aromatic N) is 1. The highest BCUT2D eigenvalue weighted by Crippen LogP contribution is 2.19. The predicted octanol–water partition coefficient (Wildman–Crippen LogP) is 5.34. The highest BCUT2D eigenvalue weighted by atomic mass is 16.3. The van der Waals surface area contributed by atoms with Crippen LogP contribution in [-0.4, -0.2) is 23.3 Å². The highest BCUT2D eigenvalue weighted by Gasteiger charge is 2.19. The minimum atomic E-state index is -0.129. The Morgan fingerprint density at radius 1 is 0.906 bits per heavy atom. The van der Waals surface area contributed by atoms with E-state index in [9.17, 15) is 9.59 Å². The average molecular weight is 427 g/mol. The monoisotopic (exact) mass is 426 g/mol. The van der Waals surface area contributed by atoms with Gasteiger partial charge in [-0.2, -0.15) is 0 Å². The van der Waals surface area contributed by atoms with Crippen LogP contribution in [-0.2, 0) is 11.3 Å². The molecule has 1 heterocycles. The summed E-state index contributed by atoms with van der Waals surface area (Å²) in [6.45, 7) is 2.55. The first-order valence-corrected chi connectivity index (χ1v) is 10.7. The lowest BCUT2D eigenvalue weighted by molar-refractivity contribution is -0.122. The minimum absolute atomic E-state index is 0.0987. The summed E-state index contributed by atoms with van der Waals surface area (Å²) in [7, 11) is 0. The Labute approximate surface area is 187 Å². The first-order chi connectivity index (χ1) is 15.6. The van der Waals surface area contributed by atoms with E-state index in [1.807, 2.05) is 85.8 Å². The van der Waals surface area contributed by atoms with E-state index in [2.05, 4.69) is 5.32 Å². The Morgan fingerprint density at radius 2 is 1.66 bits per heavy atom. The molecule has 0 aliphatic heterocycles. The summed E-state index contributed by atoms with van der Waals surface area (Å²) in [6, 6.07) is 26.9. The number of rotatable bonds is 8. The molecule has 5 nitrogen and oxygen atoms in total. The third kappa shape index (κ3) is 5.24. The molecule has 0 bridgehead atoms. The number of amides is 2. The zero-order valence-corrected chi connectivity index (χ0v) is 18.0. The molecule has 4 aromatic rings. The SMILES string of the molecule is CC(NC(=O)CCN(Cc1ccco1)C(=O)c1ccc2ccccc2c1)c1ccccc1. The van der Waals surface area contributed by atoms with Crippen molar-refractivity contribution in [2.45, 2.75) is 25.9 Å². The van der Waals surface area contributed by atoms with Crippen molar-refractivity contribution in [1.29, 1.82) is 0 Å². The van der Waals surface area contributed by atoms with Crippen LogP contribution in [0.4, 0.5) is 0 Å². The molecule has 0 saturated carbocycles. The van der Waals surface area contributed by atoms with Gasteiger partial charge in [0.1, 0.15) is 5.76 Å². The molecule has 5 heteroatoms. The topological polar surface area (TPSA) is 62.6 Å². The molecule has 1 unspecified atom stereocenters. The van der Waals surface area contributed by atoms with Gasteiger partial charge < -0.3 is 14.6 Å². The number of hydrogen-bond acceptors (Lipinski definition) is 3. The van der Waals surface area contributed by atoms with Crippen molar-refractivity contribution in [3.8, 4) is 0 Å². The molecule has 162 valence electrons. The normalized spacial score (nSPS) is 11.8. The summed E-state index contributed by atoms with van der Waals surface area (Å²) in [5.74, 6) is 0.449. The molecule has 2 amide bonds. The molecule has 1 aromatic heterocycles. The van der Waals surface area contributed by atoms with Gasteiger partial charge in [0, 0.05) is 18.5 Å². The maximum atomic E-state index is 13.3. The van der Waals surface area contributed by atoms with Gasteiger partial charge in [-0.25, -0.2) is 0 Å². The largest absolute Gasteiger partial charge is 0.467 e. The zero-order chi connectivity index (χ0) is 22.3. The van der Waals surface area contributed by atoms with Crippen molar-refractivity contribution in [1.82, 2.24) is 10.2 Å². The van der Waals surface area contributed by atoms with Crippen molar-refractivity contribution < 1.29 is 14.0 Å². The molecular weight excluding hydrogens is 400 g/mol. The standard InChI is InChI=1S/C27H26N2O3/c1-20(21-8-3-2-4-9-21)28-26(30)15-16-29(19-25-12-7-17-32-25)27(31)24-14-13-22-10-5-6-11-23(22)18-24/h2-14,17-18,20H,15-16,19H2,1H3,(H,28,30). The molecule has 0 aliphatic carbocycles. The van der Waals surface area contributed by atoms with E-state index in [1.54, 1.807) is 17.2 Å². The molecule has 0 radical (unpaired) electrons. The van der Waals surface area contributed by atoms with E-state index in [0.29, 0.717) is 24.4 Å². The van der Waals surface area contributed by atoms with Crippen molar-refractivity contribution in [3.63, 3.8) is 0 Å². The number of benzene rings is 3. The van der Waals surface area contributed by atoms with Gasteiger partial charge in [0.15, 0.2) is 0 Å². The van der Waals surface area contributed by atoms with Gasteiger partial charge in [0.25, 0.3) is 5.91 Å². The van der Waals surface area contributed by atoms with E-state index in [1.165, 1.54) is 0 Å². The van der Waals surface area contributed by atoms with E-state index in [4.69, 9.17) is 4.42 Å². The molecule has 32 heavy (non-hydrogen) atoms. The second kappa shape index (κ2) is 9.96. The number of carbonyl (C=O) groups is 2. The number of fused-ring (bicyclic) bond motifs is 1. The second-order valence-corrected chi connectivity index (χ2v) is 7.82. The van der Waals surface area contributed by atoms with Gasteiger partial charge in [-0.05, 0) is 47.5 Å². The average Bonchev–Trinajstić information content (AvgIpc) is 3.34. The molecule has 1 atom stereocenters. The van der Waals surface area contributed by atoms with Crippen LogP contribution in [0.15, 0.2) is 95.6 Å². The molecule has 1 N–H and O–H groups in total. The minimum Gasteiger partial charge on any atom is -0.467 e. The number of carbonyl (C=O) groups excluding carboxylic acids is 2. The lowest BCUT2D eigenvalue weighted by Crippen LogP contribution is -2.35. The van der Waals surface area contributed by atoms with E-state index in [-0.39, 0.29) is 24.3 Å². The Balaban J connectivity index is 1.46. The Bertz CT molecular complexity index is 1190. The van der Waals surface area contributed by atoms with Crippen LogP contribution < -0.4 is 5.32 Å². The fraction of sp³-hybridized carbons (Fsp3) is 0.185. The molecule has 0 saturated heterocycles. The Kier molecular flexibility index (Phi) is 6.66. The zero-order valence-electron chi connectivity index (χ0n) is 18.0. The van der Waals surface area contributed by atoms with Gasteiger partial charge >= 0.3 is 0 Å². The van der Waals surface area contributed by atoms with Crippen molar-refractivity contribution in [3.05, 3.63) is 108 Å². The summed E-state index contributed by atoms with van der Waals surface area (Å²) < 4.78 is 5.46. The van der Waals surface area contributed by atoms with Crippen LogP contribution in [0.3, 0.4) is 0 Å².